The average Bonchev–Trinajstić information content (AvgIpc) is 2.64. The standard InChI is InChI=1S/C8H8O5/c1-12-8(11)7-3-2-6(13-7)5(10)4-9/h2-5,10H,1H3. The maximum atomic E-state index is 10.9. The van der Waals surface area contributed by atoms with Crippen molar-refractivity contribution in [2.24, 2.45) is 0 Å². The molecule has 1 unspecified atom stereocenters. The second-order valence-electron chi connectivity index (χ2n) is 2.27. The summed E-state index contributed by atoms with van der Waals surface area (Å²) in [6, 6.07) is 2.67. The summed E-state index contributed by atoms with van der Waals surface area (Å²) in [6.07, 6.45) is -1.03. The molecule has 0 bridgehead atoms. The van der Waals surface area contributed by atoms with Crippen molar-refractivity contribution in [1.82, 2.24) is 0 Å². The van der Waals surface area contributed by atoms with Crippen molar-refractivity contribution in [2.45, 2.75) is 6.10 Å². The van der Waals surface area contributed by atoms with Crippen molar-refractivity contribution in [1.29, 1.82) is 0 Å². The van der Waals surface area contributed by atoms with Gasteiger partial charge in [-0.3, -0.25) is 4.79 Å². The zero-order valence-corrected chi connectivity index (χ0v) is 6.89. The van der Waals surface area contributed by atoms with Crippen LogP contribution in [0.1, 0.15) is 22.4 Å². The molecule has 1 atom stereocenters. The average molecular weight is 184 g/mol. The monoisotopic (exact) mass is 184 g/mol. The molecule has 1 N–H and O–H groups in total. The zero-order valence-electron chi connectivity index (χ0n) is 6.89. The lowest BCUT2D eigenvalue weighted by Crippen LogP contribution is -1.99. The molecule has 0 fully saturated rings. The molecule has 0 aliphatic heterocycles. The van der Waals surface area contributed by atoms with Crippen molar-refractivity contribution < 1.29 is 23.8 Å². The van der Waals surface area contributed by atoms with Crippen LogP contribution in [0, 0.1) is 0 Å². The number of carbonyl (C=O) groups excluding carboxylic acids is 2. The third kappa shape index (κ3) is 1.94. The molecule has 1 aromatic rings. The second-order valence-corrected chi connectivity index (χ2v) is 2.27. The van der Waals surface area contributed by atoms with Gasteiger partial charge in [0.2, 0.25) is 5.76 Å². The minimum atomic E-state index is -1.33. The van der Waals surface area contributed by atoms with Gasteiger partial charge in [0.05, 0.1) is 7.11 Å². The lowest BCUT2D eigenvalue weighted by atomic mass is 10.3. The first-order valence-electron chi connectivity index (χ1n) is 3.50. The van der Waals surface area contributed by atoms with E-state index in [9.17, 15) is 9.59 Å². The molecular weight excluding hydrogens is 176 g/mol. The molecule has 0 saturated carbocycles. The first-order valence-corrected chi connectivity index (χ1v) is 3.50. The second kappa shape index (κ2) is 3.86. The lowest BCUT2D eigenvalue weighted by Gasteiger charge is -1.96. The number of ether oxygens (including phenoxy) is 1. The minimum Gasteiger partial charge on any atom is -0.463 e. The normalized spacial score (nSPS) is 12.2. The van der Waals surface area contributed by atoms with E-state index in [0.717, 1.165) is 0 Å². The number of rotatable bonds is 3. The topological polar surface area (TPSA) is 76.7 Å². The summed E-state index contributed by atoms with van der Waals surface area (Å²) < 4.78 is 9.19. The fraction of sp³-hybridized carbons (Fsp3) is 0.250. The maximum absolute atomic E-state index is 10.9. The Labute approximate surface area is 73.9 Å². The molecule has 1 aromatic heterocycles. The van der Waals surface area contributed by atoms with Crippen LogP contribution in [0.5, 0.6) is 0 Å². The van der Waals surface area contributed by atoms with E-state index >= 15 is 0 Å². The van der Waals surface area contributed by atoms with E-state index < -0.39 is 12.1 Å². The summed E-state index contributed by atoms with van der Waals surface area (Å²) in [5, 5.41) is 8.98. The molecule has 13 heavy (non-hydrogen) atoms. The molecule has 0 saturated heterocycles. The van der Waals surface area contributed by atoms with Crippen molar-refractivity contribution in [3.05, 3.63) is 23.7 Å². The first-order chi connectivity index (χ1) is 6.19. The highest BCUT2D eigenvalue weighted by Crippen LogP contribution is 2.15. The quantitative estimate of drug-likeness (QED) is 0.540. The van der Waals surface area contributed by atoms with Gasteiger partial charge in [-0.1, -0.05) is 0 Å². The Morgan fingerprint density at radius 2 is 2.38 bits per heavy atom. The minimum absolute atomic E-state index is 0.0235. The van der Waals surface area contributed by atoms with E-state index in [2.05, 4.69) is 4.74 Å². The number of aldehydes is 1. The highest BCUT2D eigenvalue weighted by Gasteiger charge is 2.15. The Kier molecular flexibility index (Phi) is 2.81. The molecule has 1 heterocycles. The maximum Gasteiger partial charge on any atom is 0.373 e. The van der Waals surface area contributed by atoms with Crippen molar-refractivity contribution >= 4 is 12.3 Å². The van der Waals surface area contributed by atoms with E-state index in [-0.39, 0.29) is 11.5 Å². The fourth-order valence-corrected chi connectivity index (χ4v) is 0.789. The number of methoxy groups -OCH3 is 1. The van der Waals surface area contributed by atoms with Gasteiger partial charge in [-0.25, -0.2) is 4.79 Å². The number of aliphatic hydroxyl groups is 1. The van der Waals surface area contributed by atoms with Crippen LogP contribution in [0.4, 0.5) is 0 Å². The summed E-state index contributed by atoms with van der Waals surface area (Å²) >= 11 is 0. The zero-order chi connectivity index (χ0) is 9.84. The smallest absolute Gasteiger partial charge is 0.373 e. The van der Waals surface area contributed by atoms with Crippen LogP contribution in [-0.4, -0.2) is 24.5 Å². The molecule has 5 nitrogen and oxygen atoms in total. The molecule has 5 heteroatoms. The number of hydrogen-bond acceptors (Lipinski definition) is 5. The van der Waals surface area contributed by atoms with Gasteiger partial charge in [0, 0.05) is 0 Å². The summed E-state index contributed by atoms with van der Waals surface area (Å²) in [5.41, 5.74) is 0. The van der Waals surface area contributed by atoms with Gasteiger partial charge in [0.15, 0.2) is 12.4 Å². The summed E-state index contributed by atoms with van der Waals surface area (Å²) in [5.74, 6) is -0.668. The highest BCUT2D eigenvalue weighted by atomic mass is 16.5. The molecule has 0 radical (unpaired) electrons. The van der Waals surface area contributed by atoms with Crippen LogP contribution in [-0.2, 0) is 9.53 Å². The number of furan rings is 1. The van der Waals surface area contributed by atoms with Gasteiger partial charge in [0.25, 0.3) is 0 Å². The highest BCUT2D eigenvalue weighted by molar-refractivity contribution is 5.86. The molecule has 0 aromatic carbocycles. The van der Waals surface area contributed by atoms with Gasteiger partial charge in [-0.15, -0.1) is 0 Å². The van der Waals surface area contributed by atoms with Crippen LogP contribution in [0.25, 0.3) is 0 Å². The molecule has 0 amide bonds. The Balaban J connectivity index is 2.86. The Morgan fingerprint density at radius 1 is 1.69 bits per heavy atom. The van der Waals surface area contributed by atoms with Gasteiger partial charge < -0.3 is 14.3 Å². The summed E-state index contributed by atoms with van der Waals surface area (Å²) in [7, 11) is 1.21. The number of aliphatic hydroxyl groups excluding tert-OH is 1. The van der Waals surface area contributed by atoms with E-state index in [1.54, 1.807) is 0 Å². The third-order valence-electron chi connectivity index (χ3n) is 1.43. The van der Waals surface area contributed by atoms with Crippen molar-refractivity contribution in [3.8, 4) is 0 Å². The van der Waals surface area contributed by atoms with Crippen LogP contribution < -0.4 is 0 Å². The molecule has 0 spiro atoms. The van der Waals surface area contributed by atoms with E-state index in [0.29, 0.717) is 6.29 Å². The Hall–Kier alpha value is -1.62. The molecular formula is C8H8O5. The van der Waals surface area contributed by atoms with E-state index in [1.165, 1.54) is 19.2 Å². The van der Waals surface area contributed by atoms with Crippen molar-refractivity contribution in [3.63, 3.8) is 0 Å². The SMILES string of the molecule is COC(=O)c1ccc(C(O)C=O)o1. The van der Waals surface area contributed by atoms with Crippen molar-refractivity contribution in [2.75, 3.05) is 7.11 Å². The van der Waals surface area contributed by atoms with Crippen LogP contribution in [0.3, 0.4) is 0 Å². The third-order valence-corrected chi connectivity index (χ3v) is 1.43. The summed E-state index contributed by atoms with van der Waals surface area (Å²) in [4.78, 5) is 21.0. The Morgan fingerprint density at radius 3 is 2.92 bits per heavy atom. The van der Waals surface area contributed by atoms with Gasteiger partial charge >= 0.3 is 5.97 Å². The van der Waals surface area contributed by atoms with Gasteiger partial charge in [0.1, 0.15) is 5.76 Å². The van der Waals surface area contributed by atoms with E-state index in [1.807, 2.05) is 0 Å². The Bertz CT molecular complexity index is 314. The van der Waals surface area contributed by atoms with Crippen LogP contribution >= 0.6 is 0 Å². The van der Waals surface area contributed by atoms with Gasteiger partial charge in [-0.2, -0.15) is 0 Å². The number of carbonyl (C=O) groups is 2. The number of hydrogen-bond donors (Lipinski definition) is 1. The van der Waals surface area contributed by atoms with Crippen LogP contribution in [0.15, 0.2) is 16.5 Å². The predicted octanol–water partition coefficient (Wildman–Crippen LogP) is 0.298. The van der Waals surface area contributed by atoms with E-state index in [4.69, 9.17) is 9.52 Å². The molecule has 1 rings (SSSR count). The molecule has 70 valence electrons. The molecule has 0 aliphatic rings. The largest absolute Gasteiger partial charge is 0.463 e. The number of esters is 1. The lowest BCUT2D eigenvalue weighted by molar-refractivity contribution is -0.115. The summed E-state index contributed by atoms with van der Waals surface area (Å²) in [6.45, 7) is 0. The molecule has 0 aliphatic carbocycles. The van der Waals surface area contributed by atoms with Crippen LogP contribution in [0.2, 0.25) is 0 Å². The van der Waals surface area contributed by atoms with Gasteiger partial charge in [-0.05, 0) is 12.1 Å². The fourth-order valence-electron chi connectivity index (χ4n) is 0.789. The predicted molar refractivity (Wildman–Crippen MR) is 41.1 cm³/mol. The first kappa shape index (κ1) is 9.47.